The fourth-order valence-electron chi connectivity index (χ4n) is 1.42. The molecule has 0 saturated carbocycles. The summed E-state index contributed by atoms with van der Waals surface area (Å²) in [6.07, 6.45) is -0.580. The Kier molecular flexibility index (Phi) is 6.60. The van der Waals surface area contributed by atoms with Gasteiger partial charge in [0.15, 0.2) is 0 Å². The van der Waals surface area contributed by atoms with E-state index in [0.29, 0.717) is 6.54 Å². The maximum atomic E-state index is 11.4. The van der Waals surface area contributed by atoms with E-state index in [1.54, 1.807) is 0 Å². The van der Waals surface area contributed by atoms with Crippen LogP contribution in [-0.2, 0) is 9.53 Å². The molecule has 0 aromatic heterocycles. The monoisotopic (exact) mass is 231 g/mol. The molecule has 1 atom stereocenters. The molecule has 0 heterocycles. The summed E-state index contributed by atoms with van der Waals surface area (Å²) in [6.45, 7) is 11.8. The lowest BCUT2D eigenvalue weighted by atomic mass is 10.2. The van der Waals surface area contributed by atoms with Crippen LogP contribution in [0.4, 0.5) is 0 Å². The highest BCUT2D eigenvalue weighted by molar-refractivity contribution is 5.70. The van der Waals surface area contributed by atoms with Crippen LogP contribution in [-0.4, -0.2) is 47.3 Å². The summed E-state index contributed by atoms with van der Waals surface area (Å²) in [6, 6.07) is 0. The van der Waals surface area contributed by atoms with Crippen LogP contribution in [0.3, 0.4) is 0 Å². The number of nitrogens with zero attached hydrogens (tertiary/aromatic N) is 1. The molecule has 0 fully saturated rings. The van der Waals surface area contributed by atoms with Gasteiger partial charge in [-0.3, -0.25) is 4.79 Å². The SMILES string of the molecule is CCN(CC)CC(O)CC(=O)OC(C)(C)C. The molecule has 0 aromatic rings. The Morgan fingerprint density at radius 1 is 1.31 bits per heavy atom. The molecular formula is C12H25NO3. The van der Waals surface area contributed by atoms with Crippen molar-refractivity contribution in [2.75, 3.05) is 19.6 Å². The summed E-state index contributed by atoms with van der Waals surface area (Å²) in [7, 11) is 0. The van der Waals surface area contributed by atoms with Gasteiger partial charge in [-0.05, 0) is 33.9 Å². The maximum absolute atomic E-state index is 11.4. The minimum atomic E-state index is -0.644. The molecule has 96 valence electrons. The van der Waals surface area contributed by atoms with Gasteiger partial charge >= 0.3 is 5.97 Å². The third kappa shape index (κ3) is 7.65. The number of carbonyl (C=O) groups excluding carboxylic acids is 1. The van der Waals surface area contributed by atoms with Crippen LogP contribution in [0.5, 0.6) is 0 Å². The Hall–Kier alpha value is -0.610. The number of aliphatic hydroxyl groups is 1. The molecule has 0 amide bonds. The third-order valence-corrected chi connectivity index (χ3v) is 2.19. The number of aliphatic hydroxyl groups excluding tert-OH is 1. The van der Waals surface area contributed by atoms with E-state index in [4.69, 9.17) is 4.74 Å². The molecule has 0 aliphatic carbocycles. The van der Waals surface area contributed by atoms with E-state index in [1.807, 2.05) is 34.6 Å². The van der Waals surface area contributed by atoms with Crippen LogP contribution in [0.1, 0.15) is 41.0 Å². The summed E-state index contributed by atoms with van der Waals surface area (Å²) >= 11 is 0. The molecule has 1 N–H and O–H groups in total. The molecule has 0 saturated heterocycles. The first-order valence-corrected chi connectivity index (χ1v) is 5.90. The highest BCUT2D eigenvalue weighted by Crippen LogP contribution is 2.09. The molecule has 0 rings (SSSR count). The topological polar surface area (TPSA) is 49.8 Å². The molecule has 1 unspecified atom stereocenters. The first kappa shape index (κ1) is 15.4. The van der Waals surface area contributed by atoms with E-state index in [2.05, 4.69) is 4.90 Å². The van der Waals surface area contributed by atoms with Crippen LogP contribution >= 0.6 is 0 Å². The fraction of sp³-hybridized carbons (Fsp3) is 0.917. The largest absolute Gasteiger partial charge is 0.460 e. The van der Waals surface area contributed by atoms with Gasteiger partial charge in [0.1, 0.15) is 5.60 Å². The number of esters is 1. The standard InChI is InChI=1S/C12H25NO3/c1-6-13(7-2)9-10(14)8-11(15)16-12(3,4)5/h10,14H,6-9H2,1-5H3. The van der Waals surface area contributed by atoms with Gasteiger partial charge in [-0.2, -0.15) is 0 Å². The van der Waals surface area contributed by atoms with Gasteiger partial charge in [0.05, 0.1) is 12.5 Å². The number of likely N-dealkylation sites (N-methyl/N-ethyl adjacent to an activating group) is 1. The first-order valence-electron chi connectivity index (χ1n) is 5.90. The summed E-state index contributed by atoms with van der Waals surface area (Å²) < 4.78 is 5.14. The van der Waals surface area contributed by atoms with E-state index in [-0.39, 0.29) is 12.4 Å². The van der Waals surface area contributed by atoms with E-state index in [0.717, 1.165) is 13.1 Å². The highest BCUT2D eigenvalue weighted by Gasteiger charge is 2.20. The Morgan fingerprint density at radius 3 is 2.19 bits per heavy atom. The van der Waals surface area contributed by atoms with Crippen LogP contribution in [0.15, 0.2) is 0 Å². The first-order chi connectivity index (χ1) is 7.28. The van der Waals surface area contributed by atoms with Crippen molar-refractivity contribution in [3.05, 3.63) is 0 Å². The number of hydrogen-bond donors (Lipinski definition) is 1. The average Bonchev–Trinajstić information content (AvgIpc) is 2.10. The van der Waals surface area contributed by atoms with Crippen molar-refractivity contribution in [1.82, 2.24) is 4.90 Å². The minimum absolute atomic E-state index is 0.0633. The third-order valence-electron chi connectivity index (χ3n) is 2.19. The van der Waals surface area contributed by atoms with Gasteiger partial charge in [-0.1, -0.05) is 13.8 Å². The fourth-order valence-corrected chi connectivity index (χ4v) is 1.42. The molecular weight excluding hydrogens is 206 g/mol. The number of rotatable bonds is 6. The molecule has 4 nitrogen and oxygen atoms in total. The van der Waals surface area contributed by atoms with E-state index in [9.17, 15) is 9.90 Å². The second-order valence-electron chi connectivity index (χ2n) is 4.93. The number of hydrogen-bond acceptors (Lipinski definition) is 4. The van der Waals surface area contributed by atoms with Crippen molar-refractivity contribution in [1.29, 1.82) is 0 Å². The van der Waals surface area contributed by atoms with Gasteiger partial charge in [0.25, 0.3) is 0 Å². The Balaban J connectivity index is 3.95. The van der Waals surface area contributed by atoms with Gasteiger partial charge in [0, 0.05) is 6.54 Å². The van der Waals surface area contributed by atoms with Crippen LogP contribution < -0.4 is 0 Å². The second-order valence-corrected chi connectivity index (χ2v) is 4.93. The Bertz CT molecular complexity index is 207. The van der Waals surface area contributed by atoms with Gasteiger partial charge in [-0.25, -0.2) is 0 Å². The Labute approximate surface area is 98.6 Å². The summed E-state index contributed by atoms with van der Waals surface area (Å²) in [4.78, 5) is 13.5. The van der Waals surface area contributed by atoms with E-state index in [1.165, 1.54) is 0 Å². The van der Waals surface area contributed by atoms with Crippen molar-refractivity contribution in [2.24, 2.45) is 0 Å². The summed E-state index contributed by atoms with van der Waals surface area (Å²) in [5, 5.41) is 9.71. The quantitative estimate of drug-likeness (QED) is 0.702. The van der Waals surface area contributed by atoms with Crippen molar-refractivity contribution in [3.8, 4) is 0 Å². The molecule has 0 aromatic carbocycles. The minimum Gasteiger partial charge on any atom is -0.460 e. The van der Waals surface area contributed by atoms with E-state index >= 15 is 0 Å². The lowest BCUT2D eigenvalue weighted by Crippen LogP contribution is -2.35. The highest BCUT2D eigenvalue weighted by atomic mass is 16.6. The predicted molar refractivity (Wildman–Crippen MR) is 64.3 cm³/mol. The number of carbonyl (C=O) groups is 1. The Morgan fingerprint density at radius 2 is 1.81 bits per heavy atom. The molecule has 0 spiro atoms. The van der Waals surface area contributed by atoms with Crippen molar-refractivity contribution < 1.29 is 14.6 Å². The van der Waals surface area contributed by atoms with Crippen molar-refractivity contribution in [3.63, 3.8) is 0 Å². The zero-order valence-electron chi connectivity index (χ0n) is 11.1. The summed E-state index contributed by atoms with van der Waals surface area (Å²) in [5.74, 6) is -0.341. The van der Waals surface area contributed by atoms with Gasteiger partial charge < -0.3 is 14.7 Å². The molecule has 0 aliphatic rings. The molecule has 16 heavy (non-hydrogen) atoms. The average molecular weight is 231 g/mol. The van der Waals surface area contributed by atoms with Crippen LogP contribution in [0, 0.1) is 0 Å². The molecule has 0 aliphatic heterocycles. The van der Waals surface area contributed by atoms with Crippen LogP contribution in [0.2, 0.25) is 0 Å². The van der Waals surface area contributed by atoms with Gasteiger partial charge in [0.2, 0.25) is 0 Å². The zero-order valence-corrected chi connectivity index (χ0v) is 11.1. The normalized spacial score (nSPS) is 13.9. The smallest absolute Gasteiger partial charge is 0.308 e. The van der Waals surface area contributed by atoms with E-state index < -0.39 is 11.7 Å². The summed E-state index contributed by atoms with van der Waals surface area (Å²) in [5.41, 5.74) is -0.480. The van der Waals surface area contributed by atoms with Crippen LogP contribution in [0.25, 0.3) is 0 Å². The molecule has 4 heteroatoms. The predicted octanol–water partition coefficient (Wildman–Crippen LogP) is 1.42. The maximum Gasteiger partial charge on any atom is 0.308 e. The lowest BCUT2D eigenvalue weighted by molar-refractivity contribution is -0.157. The molecule has 0 bridgehead atoms. The zero-order chi connectivity index (χ0) is 12.8. The number of ether oxygens (including phenoxy) is 1. The molecule has 0 radical (unpaired) electrons. The van der Waals surface area contributed by atoms with Gasteiger partial charge in [-0.15, -0.1) is 0 Å². The van der Waals surface area contributed by atoms with Crippen molar-refractivity contribution >= 4 is 5.97 Å². The lowest BCUT2D eigenvalue weighted by Gasteiger charge is -2.23. The second kappa shape index (κ2) is 6.86. The van der Waals surface area contributed by atoms with Crippen molar-refractivity contribution in [2.45, 2.75) is 52.7 Å².